The normalized spacial score (nSPS) is 10.9. The highest BCUT2D eigenvalue weighted by Crippen LogP contribution is 2.25. The van der Waals surface area contributed by atoms with Crippen molar-refractivity contribution in [2.24, 2.45) is 0 Å². The van der Waals surface area contributed by atoms with Gasteiger partial charge in [0.15, 0.2) is 5.58 Å². The van der Waals surface area contributed by atoms with Gasteiger partial charge in [-0.05, 0) is 47.5 Å². The van der Waals surface area contributed by atoms with Crippen molar-refractivity contribution in [3.05, 3.63) is 107 Å². The molecule has 0 unspecified atom stereocenters. The fraction of sp³-hybridized carbons (Fsp3) is 0.0417. The minimum atomic E-state index is -0.143. The summed E-state index contributed by atoms with van der Waals surface area (Å²) in [6.45, 7) is 0.189. The van der Waals surface area contributed by atoms with E-state index in [-0.39, 0.29) is 18.2 Å². The number of ether oxygens (including phenoxy) is 1. The molecule has 6 heteroatoms. The lowest BCUT2D eigenvalue weighted by Gasteiger charge is -2.12. The fourth-order valence-electron chi connectivity index (χ4n) is 3.33. The van der Waals surface area contributed by atoms with E-state index in [9.17, 15) is 4.79 Å². The van der Waals surface area contributed by atoms with Gasteiger partial charge >= 0.3 is 6.08 Å². The molecule has 0 aliphatic carbocycles. The molecule has 0 amide bonds. The quantitative estimate of drug-likeness (QED) is 0.434. The van der Waals surface area contributed by atoms with E-state index in [0.29, 0.717) is 5.58 Å². The summed E-state index contributed by atoms with van der Waals surface area (Å²) >= 11 is 0. The summed E-state index contributed by atoms with van der Waals surface area (Å²) in [5, 5.41) is 0. The van der Waals surface area contributed by atoms with Crippen molar-refractivity contribution in [1.29, 1.82) is 0 Å². The second-order valence-corrected chi connectivity index (χ2v) is 6.73. The van der Waals surface area contributed by atoms with E-state index in [1.165, 1.54) is 0 Å². The van der Waals surface area contributed by atoms with E-state index in [0.717, 1.165) is 27.9 Å². The summed E-state index contributed by atoms with van der Waals surface area (Å²) in [4.78, 5) is 21.2. The molecule has 3 heterocycles. The molecule has 0 aliphatic heterocycles. The fourth-order valence-corrected chi connectivity index (χ4v) is 3.33. The molecule has 0 fully saturated rings. The zero-order valence-corrected chi connectivity index (χ0v) is 15.9. The number of pyridine rings is 2. The van der Waals surface area contributed by atoms with Crippen LogP contribution in [0.4, 0.5) is 0 Å². The van der Waals surface area contributed by atoms with Gasteiger partial charge in [-0.1, -0.05) is 30.3 Å². The van der Waals surface area contributed by atoms with Gasteiger partial charge in [0.2, 0.25) is 0 Å². The van der Waals surface area contributed by atoms with Crippen molar-refractivity contribution in [2.45, 2.75) is 6.61 Å². The molecule has 0 N–H and O–H groups in total. The van der Waals surface area contributed by atoms with E-state index in [2.05, 4.69) is 9.97 Å². The van der Waals surface area contributed by atoms with Crippen molar-refractivity contribution >= 4 is 11.1 Å². The first-order chi connectivity index (χ1) is 14.8. The number of benzene rings is 2. The molecule has 0 radical (unpaired) electrons. The first-order valence-corrected chi connectivity index (χ1v) is 9.48. The van der Waals surface area contributed by atoms with Gasteiger partial charge in [0.05, 0.1) is 5.69 Å². The zero-order valence-electron chi connectivity index (χ0n) is 15.9. The summed E-state index contributed by atoms with van der Waals surface area (Å²) in [6.07, 6.45) is 5.42. The summed E-state index contributed by atoms with van der Waals surface area (Å²) in [5.41, 5.74) is 4.75. The topological polar surface area (TPSA) is 70.2 Å². The monoisotopic (exact) mass is 395 g/mol. The number of rotatable bonds is 5. The van der Waals surface area contributed by atoms with Crippen LogP contribution in [0, 0.1) is 0 Å². The van der Waals surface area contributed by atoms with Crippen molar-refractivity contribution in [3.8, 4) is 22.9 Å². The molecule has 5 aromatic rings. The van der Waals surface area contributed by atoms with Gasteiger partial charge in [0.1, 0.15) is 12.1 Å². The molecule has 0 saturated carbocycles. The standard InChI is InChI=1S/C24H17N3O3/c28-23-15-17(16-29-24-26-20-6-2-4-8-22(20)30-24)11-14-27(23)21-7-3-1-5-19(21)18-9-12-25-13-10-18/h1-15H,16H2. The Morgan fingerprint density at radius 3 is 2.57 bits per heavy atom. The molecule has 0 bridgehead atoms. The van der Waals surface area contributed by atoms with Crippen LogP contribution in [0.15, 0.2) is 101 Å². The van der Waals surface area contributed by atoms with Crippen molar-refractivity contribution in [1.82, 2.24) is 14.5 Å². The van der Waals surface area contributed by atoms with Crippen molar-refractivity contribution in [2.75, 3.05) is 0 Å². The van der Waals surface area contributed by atoms with Gasteiger partial charge < -0.3 is 9.15 Å². The Bertz CT molecular complexity index is 1340. The Balaban J connectivity index is 1.41. The summed E-state index contributed by atoms with van der Waals surface area (Å²) < 4.78 is 12.8. The van der Waals surface area contributed by atoms with Crippen LogP contribution < -0.4 is 10.3 Å². The second-order valence-electron chi connectivity index (χ2n) is 6.73. The molecule has 146 valence electrons. The first-order valence-electron chi connectivity index (χ1n) is 9.48. The highest BCUT2D eigenvalue weighted by atomic mass is 16.6. The third-order valence-electron chi connectivity index (χ3n) is 4.78. The Hall–Kier alpha value is -4.19. The number of fused-ring (bicyclic) bond motifs is 1. The van der Waals surface area contributed by atoms with Crippen molar-refractivity contribution < 1.29 is 9.15 Å². The third kappa shape index (κ3) is 3.46. The number of aromatic nitrogens is 3. The van der Waals surface area contributed by atoms with Crippen LogP contribution in [-0.4, -0.2) is 14.5 Å². The van der Waals surface area contributed by atoms with Crippen LogP contribution in [0.3, 0.4) is 0 Å². The van der Waals surface area contributed by atoms with E-state index >= 15 is 0 Å². The predicted molar refractivity (Wildman–Crippen MR) is 114 cm³/mol. The summed E-state index contributed by atoms with van der Waals surface area (Å²) in [6, 6.07) is 22.5. The molecule has 0 spiro atoms. The lowest BCUT2D eigenvalue weighted by molar-refractivity contribution is 0.226. The number of hydrogen-bond donors (Lipinski definition) is 0. The van der Waals surface area contributed by atoms with Gasteiger partial charge in [0, 0.05) is 30.2 Å². The molecule has 6 nitrogen and oxygen atoms in total. The van der Waals surface area contributed by atoms with E-state index < -0.39 is 0 Å². The van der Waals surface area contributed by atoms with Crippen LogP contribution in [-0.2, 0) is 6.61 Å². The molecule has 5 rings (SSSR count). The maximum absolute atomic E-state index is 12.8. The first kappa shape index (κ1) is 17.9. The van der Waals surface area contributed by atoms with Crippen LogP contribution in [0.25, 0.3) is 27.9 Å². The van der Waals surface area contributed by atoms with E-state index in [4.69, 9.17) is 9.15 Å². The average molecular weight is 395 g/mol. The largest absolute Gasteiger partial charge is 0.445 e. The molecular formula is C24H17N3O3. The number of oxazole rings is 1. The van der Waals surface area contributed by atoms with Gasteiger partial charge in [-0.2, -0.15) is 4.98 Å². The maximum atomic E-state index is 12.8. The predicted octanol–water partition coefficient (Wildman–Crippen LogP) is 4.62. The third-order valence-corrected chi connectivity index (χ3v) is 4.78. The van der Waals surface area contributed by atoms with Crippen LogP contribution in [0.5, 0.6) is 6.08 Å². The number of hydrogen-bond acceptors (Lipinski definition) is 5. The molecule has 30 heavy (non-hydrogen) atoms. The van der Waals surface area contributed by atoms with Crippen molar-refractivity contribution in [3.63, 3.8) is 0 Å². The lowest BCUT2D eigenvalue weighted by atomic mass is 10.0. The van der Waals surface area contributed by atoms with Gasteiger partial charge in [0.25, 0.3) is 5.56 Å². The summed E-state index contributed by atoms with van der Waals surface area (Å²) in [7, 11) is 0. The average Bonchev–Trinajstić information content (AvgIpc) is 3.22. The van der Waals surface area contributed by atoms with Gasteiger partial charge in [-0.25, -0.2) is 0 Å². The molecule has 0 saturated heterocycles. The number of para-hydroxylation sites is 3. The Kier molecular flexibility index (Phi) is 4.57. The highest BCUT2D eigenvalue weighted by molar-refractivity contribution is 5.73. The highest BCUT2D eigenvalue weighted by Gasteiger charge is 2.10. The van der Waals surface area contributed by atoms with E-state index in [1.807, 2.05) is 66.7 Å². The van der Waals surface area contributed by atoms with Crippen LogP contribution >= 0.6 is 0 Å². The Morgan fingerprint density at radius 2 is 1.73 bits per heavy atom. The molecule has 2 aromatic carbocycles. The zero-order chi connectivity index (χ0) is 20.3. The van der Waals surface area contributed by atoms with Gasteiger partial charge in [-0.3, -0.25) is 14.3 Å². The smallest absolute Gasteiger partial charge is 0.394 e. The Labute approximate surface area is 172 Å². The van der Waals surface area contributed by atoms with Crippen LogP contribution in [0.1, 0.15) is 5.56 Å². The minimum absolute atomic E-state index is 0.143. The Morgan fingerprint density at radius 1 is 0.933 bits per heavy atom. The maximum Gasteiger partial charge on any atom is 0.394 e. The molecule has 0 atom stereocenters. The second kappa shape index (κ2) is 7.67. The van der Waals surface area contributed by atoms with Gasteiger partial charge in [-0.15, -0.1) is 0 Å². The molecule has 3 aromatic heterocycles. The number of nitrogens with zero attached hydrogens (tertiary/aromatic N) is 3. The van der Waals surface area contributed by atoms with E-state index in [1.54, 1.807) is 29.2 Å². The van der Waals surface area contributed by atoms with Crippen LogP contribution in [0.2, 0.25) is 0 Å². The molecule has 0 aliphatic rings. The lowest BCUT2D eigenvalue weighted by Crippen LogP contribution is -2.18. The molecular weight excluding hydrogens is 378 g/mol. The summed E-state index contributed by atoms with van der Waals surface area (Å²) in [5.74, 6) is 0. The SMILES string of the molecule is O=c1cc(COc2nc3ccccc3o2)ccn1-c1ccccc1-c1ccncc1. The minimum Gasteiger partial charge on any atom is -0.445 e.